The first-order valence-corrected chi connectivity index (χ1v) is 14.4. The highest BCUT2D eigenvalue weighted by atomic mass is 32.2. The Bertz CT molecular complexity index is 1290. The molecular formula is C29H37N3O4S. The molecule has 2 atom stereocenters. The van der Waals surface area contributed by atoms with Gasteiger partial charge in [0.15, 0.2) is 0 Å². The minimum Gasteiger partial charge on any atom is -0.496 e. The molecule has 3 fully saturated rings. The van der Waals surface area contributed by atoms with Crippen LogP contribution in [0.2, 0.25) is 0 Å². The van der Waals surface area contributed by atoms with Gasteiger partial charge < -0.3 is 15.8 Å². The molecule has 3 heterocycles. The topological polar surface area (TPSA) is 105 Å². The number of nitrogen functional groups attached to an aromatic ring is 1. The highest BCUT2D eigenvalue weighted by molar-refractivity contribution is 7.85. The van der Waals surface area contributed by atoms with E-state index in [9.17, 15) is 8.42 Å². The van der Waals surface area contributed by atoms with Crippen molar-refractivity contribution in [3.05, 3.63) is 95.6 Å². The first kappa shape index (κ1) is 27.1. The molecule has 6 rings (SSSR count). The Labute approximate surface area is 220 Å². The van der Waals surface area contributed by atoms with Gasteiger partial charge in [-0.2, -0.15) is 8.42 Å². The summed E-state index contributed by atoms with van der Waals surface area (Å²) in [6.07, 6.45) is 3.10. The van der Waals surface area contributed by atoms with E-state index in [2.05, 4.69) is 77.8 Å². The molecule has 0 saturated carbocycles. The third-order valence-corrected chi connectivity index (χ3v) is 7.93. The van der Waals surface area contributed by atoms with Crippen LogP contribution in [0.15, 0.2) is 78.9 Å². The minimum atomic E-state index is -3.67. The summed E-state index contributed by atoms with van der Waals surface area (Å²) in [5.41, 5.74) is 10.3. The van der Waals surface area contributed by atoms with Crippen LogP contribution in [0.25, 0.3) is 0 Å². The Balaban J connectivity index is 0.000000586. The zero-order chi connectivity index (χ0) is 26.7. The molecule has 3 aromatic rings. The molecule has 3 saturated heterocycles. The number of anilines is 1. The van der Waals surface area contributed by atoms with Crippen molar-refractivity contribution in [3.8, 4) is 5.75 Å². The first-order valence-electron chi connectivity index (χ1n) is 12.6. The largest absolute Gasteiger partial charge is 0.496 e. The van der Waals surface area contributed by atoms with Gasteiger partial charge in [0.25, 0.3) is 10.1 Å². The maximum Gasteiger partial charge on any atom is 0.261 e. The summed E-state index contributed by atoms with van der Waals surface area (Å²) in [6, 6.07) is 28.0. The van der Waals surface area contributed by atoms with Crippen LogP contribution in [0.3, 0.4) is 0 Å². The molecule has 198 valence electrons. The second-order valence-electron chi connectivity index (χ2n) is 10.0. The number of rotatable bonds is 6. The van der Waals surface area contributed by atoms with E-state index in [0.717, 1.165) is 30.1 Å². The van der Waals surface area contributed by atoms with Gasteiger partial charge >= 0.3 is 0 Å². The molecule has 37 heavy (non-hydrogen) atoms. The number of hydrogen-bond donors (Lipinski definition) is 3. The van der Waals surface area contributed by atoms with Crippen LogP contribution in [-0.4, -0.2) is 44.3 Å². The van der Waals surface area contributed by atoms with Gasteiger partial charge in [-0.05, 0) is 68.1 Å². The number of methoxy groups -OCH3 is 1. The Hall–Kier alpha value is -2.91. The van der Waals surface area contributed by atoms with E-state index in [0.29, 0.717) is 18.7 Å². The van der Waals surface area contributed by atoms with Crippen molar-refractivity contribution in [2.75, 3.05) is 32.2 Å². The second-order valence-corrected chi connectivity index (χ2v) is 11.5. The van der Waals surface area contributed by atoms with Crippen molar-refractivity contribution in [1.29, 1.82) is 0 Å². The van der Waals surface area contributed by atoms with Crippen LogP contribution >= 0.6 is 0 Å². The van der Waals surface area contributed by atoms with Gasteiger partial charge in [-0.1, -0.05) is 60.7 Å². The van der Waals surface area contributed by atoms with Gasteiger partial charge in [0.05, 0.1) is 24.4 Å². The maximum absolute atomic E-state index is 9.19. The smallest absolute Gasteiger partial charge is 0.261 e. The fourth-order valence-corrected chi connectivity index (χ4v) is 6.39. The number of ether oxygens (including phenoxy) is 1. The van der Waals surface area contributed by atoms with Gasteiger partial charge in [0.1, 0.15) is 5.75 Å². The van der Waals surface area contributed by atoms with Crippen LogP contribution in [0.1, 0.15) is 36.5 Å². The molecule has 7 nitrogen and oxygen atoms in total. The van der Waals surface area contributed by atoms with Crippen LogP contribution < -0.4 is 15.8 Å². The lowest BCUT2D eigenvalue weighted by Crippen LogP contribution is -2.74. The van der Waals surface area contributed by atoms with E-state index < -0.39 is 10.1 Å². The van der Waals surface area contributed by atoms with Crippen LogP contribution in [0.5, 0.6) is 5.75 Å². The Morgan fingerprint density at radius 1 is 1.00 bits per heavy atom. The molecule has 0 aliphatic carbocycles. The van der Waals surface area contributed by atoms with Crippen molar-refractivity contribution < 1.29 is 17.7 Å². The van der Waals surface area contributed by atoms with E-state index in [4.69, 9.17) is 15.0 Å². The maximum atomic E-state index is 9.19. The number of fused-ring (bicyclic) bond motifs is 3. The lowest BCUT2D eigenvalue weighted by atomic mass is 9.55. The van der Waals surface area contributed by atoms with Crippen LogP contribution in [-0.2, 0) is 27.7 Å². The minimum absolute atomic E-state index is 0.176. The fourth-order valence-electron chi connectivity index (χ4n) is 6.39. The summed E-state index contributed by atoms with van der Waals surface area (Å²) >= 11 is 0. The summed E-state index contributed by atoms with van der Waals surface area (Å²) < 4.78 is 31.5. The first-order chi connectivity index (χ1) is 17.6. The summed E-state index contributed by atoms with van der Waals surface area (Å²) in [5.74, 6) is 1.41. The number of benzene rings is 3. The van der Waals surface area contributed by atoms with E-state index in [-0.39, 0.29) is 11.1 Å². The monoisotopic (exact) mass is 523 g/mol. The lowest BCUT2D eigenvalue weighted by Gasteiger charge is -2.66. The zero-order valence-corrected chi connectivity index (χ0v) is 22.5. The molecule has 8 heteroatoms. The Morgan fingerprint density at radius 3 is 2.08 bits per heavy atom. The third-order valence-electron chi connectivity index (χ3n) is 7.93. The predicted octanol–water partition coefficient (Wildman–Crippen LogP) is 4.41. The molecular weight excluding hydrogens is 486 g/mol. The Kier molecular flexibility index (Phi) is 7.94. The standard InChI is InChI=1S/C28H33N3O.CH4O3S/c1-27(22-9-5-3-6-10-22)28(23-11-7-4-8-12-23,24-15-17-31(27)18-16-24)30-20-21-19-25(29)13-14-26(21)32-2;1-5(2,3)4/h3-14,19,24,30H,15-18,20,29H2,1-2H3;1H3,(H,2,3,4)/t27-,28+;/m0./s1. The quantitative estimate of drug-likeness (QED) is 0.325. The average molecular weight is 524 g/mol. The molecule has 3 aliphatic rings. The molecule has 0 radical (unpaired) electrons. The lowest BCUT2D eigenvalue weighted by molar-refractivity contribution is -0.122. The normalized spacial score (nSPS) is 26.7. The summed E-state index contributed by atoms with van der Waals surface area (Å²) in [4.78, 5) is 2.69. The summed E-state index contributed by atoms with van der Waals surface area (Å²) in [5, 5.41) is 4.11. The third kappa shape index (κ3) is 5.38. The predicted molar refractivity (Wildman–Crippen MR) is 148 cm³/mol. The molecule has 0 aromatic heterocycles. The van der Waals surface area contributed by atoms with Crippen LogP contribution in [0, 0.1) is 5.92 Å². The molecule has 3 aliphatic heterocycles. The van der Waals surface area contributed by atoms with Gasteiger partial charge in [0, 0.05) is 17.8 Å². The van der Waals surface area contributed by atoms with Crippen molar-refractivity contribution in [1.82, 2.24) is 10.2 Å². The second kappa shape index (κ2) is 10.8. The van der Waals surface area contributed by atoms with Crippen molar-refractivity contribution >= 4 is 15.8 Å². The van der Waals surface area contributed by atoms with Gasteiger partial charge in [-0.15, -0.1) is 0 Å². The zero-order valence-electron chi connectivity index (χ0n) is 21.7. The van der Waals surface area contributed by atoms with E-state index in [1.165, 1.54) is 24.0 Å². The molecule has 0 unspecified atom stereocenters. The highest BCUT2D eigenvalue weighted by Gasteiger charge is 2.62. The molecule has 0 amide bonds. The molecule has 4 N–H and O–H groups in total. The number of nitrogens with one attached hydrogen (secondary N) is 1. The SMILES string of the molecule is COc1ccc(N)cc1CN[C@]1(c2ccccc2)C2CCN(CC2)[C@@]1(C)c1ccccc1.CS(=O)(=O)O. The molecule has 2 bridgehead atoms. The number of nitrogens with two attached hydrogens (primary N) is 1. The van der Waals surface area contributed by atoms with E-state index >= 15 is 0 Å². The van der Waals surface area contributed by atoms with Gasteiger partial charge in [0.2, 0.25) is 0 Å². The van der Waals surface area contributed by atoms with Crippen molar-refractivity contribution in [2.45, 2.75) is 37.4 Å². The summed E-state index contributed by atoms with van der Waals surface area (Å²) in [7, 11) is -1.94. The van der Waals surface area contributed by atoms with E-state index in [1.807, 2.05) is 18.2 Å². The van der Waals surface area contributed by atoms with E-state index in [1.54, 1.807) is 7.11 Å². The number of piperidine rings is 3. The average Bonchev–Trinajstić information content (AvgIpc) is 2.89. The highest BCUT2D eigenvalue weighted by Crippen LogP contribution is 2.57. The Morgan fingerprint density at radius 2 is 1.54 bits per heavy atom. The summed E-state index contributed by atoms with van der Waals surface area (Å²) in [6.45, 7) is 5.39. The van der Waals surface area contributed by atoms with Crippen LogP contribution in [0.4, 0.5) is 5.69 Å². The van der Waals surface area contributed by atoms with Crippen molar-refractivity contribution in [3.63, 3.8) is 0 Å². The molecule has 3 aromatic carbocycles. The van der Waals surface area contributed by atoms with Gasteiger partial charge in [-0.25, -0.2) is 0 Å². The number of nitrogens with zero attached hydrogens (tertiary/aromatic N) is 1. The number of hydrogen-bond acceptors (Lipinski definition) is 6. The van der Waals surface area contributed by atoms with Gasteiger partial charge in [-0.3, -0.25) is 9.45 Å². The molecule has 0 spiro atoms. The van der Waals surface area contributed by atoms with Crippen molar-refractivity contribution in [2.24, 2.45) is 5.92 Å². The fraction of sp³-hybridized carbons (Fsp3) is 0.379.